The number of methoxy groups -OCH3 is 1. The van der Waals surface area contributed by atoms with Crippen LogP contribution < -0.4 is 14.8 Å². The van der Waals surface area contributed by atoms with Gasteiger partial charge >= 0.3 is 0 Å². The second-order valence-electron chi connectivity index (χ2n) is 6.93. The summed E-state index contributed by atoms with van der Waals surface area (Å²) in [5.41, 5.74) is 3.88. The topological polar surface area (TPSA) is 35.4 Å². The molecule has 27 heavy (non-hydrogen) atoms. The summed E-state index contributed by atoms with van der Waals surface area (Å²) < 4.78 is 14.3. The number of nitrogens with one attached hydrogen (secondary N) is 1. The van der Waals surface area contributed by atoms with Crippen LogP contribution in [0.5, 0.6) is 11.5 Å². The minimum atomic E-state index is -0.263. The number of para-hydroxylation sites is 3. The third-order valence-corrected chi connectivity index (χ3v) is 6.67. The largest absolute Gasteiger partial charge is 0.495 e. The molecule has 1 N–H and O–H groups in total. The van der Waals surface area contributed by atoms with Crippen LogP contribution in [-0.4, -0.2) is 17.7 Å². The van der Waals surface area contributed by atoms with E-state index in [4.69, 9.17) is 21.7 Å². The van der Waals surface area contributed by atoms with Crippen molar-refractivity contribution in [3.05, 3.63) is 52.0 Å². The molecule has 140 valence electrons. The number of hydrogen-bond donors (Lipinski definition) is 1. The van der Waals surface area contributed by atoms with Crippen molar-refractivity contribution in [1.29, 1.82) is 0 Å². The number of benzene rings is 2. The molecule has 4 rings (SSSR count). The lowest BCUT2D eigenvalue weighted by atomic mass is 9.89. The van der Waals surface area contributed by atoms with E-state index < -0.39 is 0 Å². The Hall–Kier alpha value is -2.31. The highest BCUT2D eigenvalue weighted by Crippen LogP contribution is 2.50. The third kappa shape index (κ3) is 2.84. The Labute approximate surface area is 168 Å². The number of fused-ring (bicyclic) bond motifs is 3. The van der Waals surface area contributed by atoms with Crippen molar-refractivity contribution in [3.63, 3.8) is 0 Å². The van der Waals surface area contributed by atoms with Gasteiger partial charge in [-0.3, -0.25) is 3.96 Å². The number of anilines is 1. The Kier molecular flexibility index (Phi) is 4.48. The lowest BCUT2D eigenvalue weighted by Gasteiger charge is -2.33. The summed E-state index contributed by atoms with van der Waals surface area (Å²) >= 11 is 7.61. The van der Waals surface area contributed by atoms with E-state index in [1.54, 1.807) is 18.6 Å². The molecule has 1 aliphatic heterocycles. The van der Waals surface area contributed by atoms with Gasteiger partial charge in [0.05, 0.1) is 35.5 Å². The molecule has 3 aromatic rings. The van der Waals surface area contributed by atoms with E-state index in [0.717, 1.165) is 38.6 Å². The maximum absolute atomic E-state index is 5.95. The van der Waals surface area contributed by atoms with E-state index in [9.17, 15) is 0 Å². The summed E-state index contributed by atoms with van der Waals surface area (Å²) in [6.45, 7) is 6.95. The van der Waals surface area contributed by atoms with Gasteiger partial charge in [-0.1, -0.05) is 48.0 Å². The molecule has 0 unspecified atom stereocenters. The van der Waals surface area contributed by atoms with Crippen LogP contribution in [0.1, 0.15) is 25.6 Å². The van der Waals surface area contributed by atoms with E-state index in [1.165, 1.54) is 4.88 Å². The smallest absolute Gasteiger partial charge is 0.144 e. The van der Waals surface area contributed by atoms with Crippen LogP contribution in [0.3, 0.4) is 0 Å². The number of nitrogens with zero attached hydrogens (tertiary/aromatic N) is 1. The van der Waals surface area contributed by atoms with Crippen LogP contribution in [-0.2, 0) is 5.54 Å². The second-order valence-corrected chi connectivity index (χ2v) is 8.27. The van der Waals surface area contributed by atoms with Gasteiger partial charge in [0, 0.05) is 11.1 Å². The summed E-state index contributed by atoms with van der Waals surface area (Å²) in [4.78, 5) is 1.21. The first-order valence-electron chi connectivity index (χ1n) is 8.92. The Bertz CT molecular complexity index is 1070. The lowest BCUT2D eigenvalue weighted by Crippen LogP contribution is -2.30. The Morgan fingerprint density at radius 2 is 1.85 bits per heavy atom. The fraction of sp³-hybridized carbons (Fsp3) is 0.286. The van der Waals surface area contributed by atoms with Crippen LogP contribution in [0, 0.1) is 4.64 Å². The molecule has 0 amide bonds. The predicted molar refractivity (Wildman–Crippen MR) is 114 cm³/mol. The fourth-order valence-electron chi connectivity index (χ4n) is 3.51. The van der Waals surface area contributed by atoms with E-state index >= 15 is 0 Å². The molecule has 0 fully saturated rings. The van der Waals surface area contributed by atoms with Crippen molar-refractivity contribution in [2.24, 2.45) is 0 Å². The maximum atomic E-state index is 5.95. The molecule has 1 aromatic heterocycles. The average Bonchev–Trinajstić information content (AvgIpc) is 3.01. The number of aromatic nitrogens is 1. The Morgan fingerprint density at radius 3 is 2.59 bits per heavy atom. The van der Waals surface area contributed by atoms with Crippen molar-refractivity contribution < 1.29 is 9.47 Å². The van der Waals surface area contributed by atoms with Gasteiger partial charge in [-0.25, -0.2) is 0 Å². The molecular formula is C21H22N2O2S2. The summed E-state index contributed by atoms with van der Waals surface area (Å²) in [6, 6.07) is 14.1. The van der Waals surface area contributed by atoms with Crippen molar-refractivity contribution in [1.82, 2.24) is 3.96 Å². The van der Waals surface area contributed by atoms with Crippen molar-refractivity contribution in [3.8, 4) is 28.3 Å². The number of ether oxygens (including phenoxy) is 2. The van der Waals surface area contributed by atoms with Crippen molar-refractivity contribution in [2.45, 2.75) is 26.3 Å². The Balaban J connectivity index is 2.00. The molecule has 0 radical (unpaired) electrons. The molecule has 0 bridgehead atoms. The van der Waals surface area contributed by atoms with Crippen LogP contribution >= 0.6 is 23.8 Å². The molecular weight excluding hydrogens is 376 g/mol. The first kappa shape index (κ1) is 18.1. The summed E-state index contributed by atoms with van der Waals surface area (Å²) in [6.07, 6.45) is 0. The van der Waals surface area contributed by atoms with Crippen LogP contribution in [0.2, 0.25) is 0 Å². The molecule has 2 heterocycles. The standard InChI is InChI=1S/C21H22N2O2S2/c1-5-25-15-11-7-6-10-14(15)23-20(26)17-13-9-8-12-16(24-4)18(13)22-21(2,3)19(17)27-23/h6-12,22H,5H2,1-4H3. The minimum absolute atomic E-state index is 0.263. The number of hydrogen-bond acceptors (Lipinski definition) is 5. The molecule has 0 spiro atoms. The lowest BCUT2D eigenvalue weighted by molar-refractivity contribution is 0.339. The highest BCUT2D eigenvalue weighted by molar-refractivity contribution is 7.71. The van der Waals surface area contributed by atoms with Crippen LogP contribution in [0.15, 0.2) is 42.5 Å². The normalized spacial score (nSPS) is 14.1. The highest BCUT2D eigenvalue weighted by atomic mass is 32.1. The zero-order valence-electron chi connectivity index (χ0n) is 15.8. The average molecular weight is 399 g/mol. The SMILES string of the molecule is CCOc1ccccc1-n1sc2c(c1=S)-c1cccc(OC)c1NC2(C)C. The molecule has 4 nitrogen and oxygen atoms in total. The highest BCUT2D eigenvalue weighted by Gasteiger charge is 2.36. The van der Waals surface area contributed by atoms with E-state index in [1.807, 2.05) is 37.3 Å². The number of rotatable bonds is 4. The monoisotopic (exact) mass is 398 g/mol. The first-order chi connectivity index (χ1) is 13.0. The third-order valence-electron chi connectivity index (χ3n) is 4.71. The molecule has 2 aromatic carbocycles. The van der Waals surface area contributed by atoms with Crippen molar-refractivity contribution >= 4 is 29.4 Å². The van der Waals surface area contributed by atoms with Gasteiger partial charge in [0.15, 0.2) is 0 Å². The second kappa shape index (κ2) is 6.69. The van der Waals surface area contributed by atoms with Gasteiger partial charge in [0.25, 0.3) is 0 Å². The van der Waals surface area contributed by atoms with Gasteiger partial charge in [0.2, 0.25) is 0 Å². The van der Waals surface area contributed by atoms with Gasteiger partial charge in [0.1, 0.15) is 16.1 Å². The summed E-state index contributed by atoms with van der Waals surface area (Å²) in [5, 5.41) is 3.64. The maximum Gasteiger partial charge on any atom is 0.144 e. The summed E-state index contributed by atoms with van der Waals surface area (Å²) in [7, 11) is 1.69. The van der Waals surface area contributed by atoms with Gasteiger partial charge in [-0.05, 0) is 39.0 Å². The van der Waals surface area contributed by atoms with Gasteiger partial charge in [-0.15, -0.1) is 0 Å². The van der Waals surface area contributed by atoms with E-state index in [2.05, 4.69) is 35.3 Å². The summed E-state index contributed by atoms with van der Waals surface area (Å²) in [5.74, 6) is 1.67. The first-order valence-corrected chi connectivity index (χ1v) is 10.1. The molecule has 0 saturated carbocycles. The zero-order chi connectivity index (χ0) is 19.2. The molecule has 1 aliphatic rings. The van der Waals surface area contributed by atoms with Crippen LogP contribution in [0.25, 0.3) is 16.8 Å². The van der Waals surface area contributed by atoms with E-state index in [-0.39, 0.29) is 5.54 Å². The zero-order valence-corrected chi connectivity index (χ0v) is 17.5. The van der Waals surface area contributed by atoms with Crippen LogP contribution in [0.4, 0.5) is 5.69 Å². The molecule has 6 heteroatoms. The molecule has 0 saturated heterocycles. The predicted octanol–water partition coefficient (Wildman–Crippen LogP) is 6.00. The Morgan fingerprint density at radius 1 is 1.11 bits per heavy atom. The molecule has 0 aliphatic carbocycles. The van der Waals surface area contributed by atoms with Gasteiger partial charge in [-0.2, -0.15) is 0 Å². The quantitative estimate of drug-likeness (QED) is 0.547. The molecule has 0 atom stereocenters. The van der Waals surface area contributed by atoms with Crippen molar-refractivity contribution in [2.75, 3.05) is 19.0 Å². The fourth-order valence-corrected chi connectivity index (χ4v) is 5.18. The minimum Gasteiger partial charge on any atom is -0.495 e. The van der Waals surface area contributed by atoms with Gasteiger partial charge < -0.3 is 14.8 Å². The van der Waals surface area contributed by atoms with E-state index in [0.29, 0.717) is 6.61 Å².